The van der Waals surface area contributed by atoms with E-state index in [4.69, 9.17) is 4.74 Å². The fourth-order valence-corrected chi connectivity index (χ4v) is 2.94. The Hall–Kier alpha value is -1.88. The van der Waals surface area contributed by atoms with Gasteiger partial charge in [-0.1, -0.05) is 12.1 Å². The van der Waals surface area contributed by atoms with E-state index < -0.39 is 0 Å². The maximum absolute atomic E-state index is 11.8. The van der Waals surface area contributed by atoms with Gasteiger partial charge in [0.15, 0.2) is 0 Å². The van der Waals surface area contributed by atoms with Gasteiger partial charge in [0.1, 0.15) is 11.9 Å². The lowest BCUT2D eigenvalue weighted by Gasteiger charge is -2.21. The molecule has 106 valence electrons. The summed E-state index contributed by atoms with van der Waals surface area (Å²) in [6, 6.07) is 7.96. The molecule has 0 bridgehead atoms. The van der Waals surface area contributed by atoms with Gasteiger partial charge in [-0.15, -0.1) is 0 Å². The van der Waals surface area contributed by atoms with Crippen LogP contribution in [-0.4, -0.2) is 40.1 Å². The minimum Gasteiger partial charge on any atom is -0.468 e. The van der Waals surface area contributed by atoms with Crippen LogP contribution in [0.3, 0.4) is 0 Å². The molecule has 2 aromatic rings. The number of hydrogen-bond donors (Lipinski definition) is 0. The molecular formula is C15H19N3O2. The zero-order valence-corrected chi connectivity index (χ0v) is 11.9. The van der Waals surface area contributed by atoms with E-state index in [-0.39, 0.29) is 12.0 Å². The van der Waals surface area contributed by atoms with Gasteiger partial charge < -0.3 is 9.30 Å². The van der Waals surface area contributed by atoms with Crippen LogP contribution in [0.4, 0.5) is 0 Å². The average molecular weight is 273 g/mol. The topological polar surface area (TPSA) is 47.4 Å². The summed E-state index contributed by atoms with van der Waals surface area (Å²) in [6.45, 7) is 1.61. The Labute approximate surface area is 118 Å². The van der Waals surface area contributed by atoms with Crippen LogP contribution in [-0.2, 0) is 23.1 Å². The zero-order valence-electron chi connectivity index (χ0n) is 11.9. The first-order chi connectivity index (χ1) is 9.70. The van der Waals surface area contributed by atoms with Crippen molar-refractivity contribution in [2.45, 2.75) is 25.4 Å². The van der Waals surface area contributed by atoms with E-state index in [0.717, 1.165) is 36.2 Å². The number of benzene rings is 1. The number of hydrogen-bond acceptors (Lipinski definition) is 4. The SMILES string of the molecule is COC(=O)[C@@H]1CCCN1Cc1nc2ccccc2n1C. The number of rotatable bonds is 3. The number of likely N-dealkylation sites (tertiary alicyclic amines) is 1. The highest BCUT2D eigenvalue weighted by molar-refractivity contribution is 5.76. The number of fused-ring (bicyclic) bond motifs is 1. The van der Waals surface area contributed by atoms with Crippen LogP contribution in [0.15, 0.2) is 24.3 Å². The first kappa shape index (κ1) is 13.1. The Morgan fingerprint density at radius 3 is 3.00 bits per heavy atom. The van der Waals surface area contributed by atoms with E-state index in [0.29, 0.717) is 6.54 Å². The molecule has 1 fully saturated rings. The van der Waals surface area contributed by atoms with Crippen molar-refractivity contribution in [1.82, 2.24) is 14.5 Å². The number of ether oxygens (including phenoxy) is 1. The summed E-state index contributed by atoms with van der Waals surface area (Å²) in [5, 5.41) is 0. The molecule has 5 nitrogen and oxygen atoms in total. The normalized spacial score (nSPS) is 19.6. The molecule has 1 aromatic carbocycles. The van der Waals surface area contributed by atoms with Crippen LogP contribution in [0.2, 0.25) is 0 Å². The smallest absolute Gasteiger partial charge is 0.323 e. The van der Waals surface area contributed by atoms with E-state index >= 15 is 0 Å². The fraction of sp³-hybridized carbons (Fsp3) is 0.467. The fourth-order valence-electron chi connectivity index (χ4n) is 2.94. The summed E-state index contributed by atoms with van der Waals surface area (Å²) >= 11 is 0. The van der Waals surface area contributed by atoms with Gasteiger partial charge in [0.25, 0.3) is 0 Å². The molecule has 20 heavy (non-hydrogen) atoms. The van der Waals surface area contributed by atoms with Crippen molar-refractivity contribution >= 4 is 17.0 Å². The van der Waals surface area contributed by atoms with Crippen LogP contribution in [0.5, 0.6) is 0 Å². The van der Waals surface area contributed by atoms with Crippen LogP contribution in [0.1, 0.15) is 18.7 Å². The van der Waals surface area contributed by atoms with Crippen LogP contribution >= 0.6 is 0 Å². The van der Waals surface area contributed by atoms with Crippen molar-refractivity contribution in [3.63, 3.8) is 0 Å². The number of aryl methyl sites for hydroxylation is 1. The molecule has 0 radical (unpaired) electrons. The van der Waals surface area contributed by atoms with Crippen molar-refractivity contribution in [2.75, 3.05) is 13.7 Å². The first-order valence-corrected chi connectivity index (χ1v) is 6.93. The average Bonchev–Trinajstić information content (AvgIpc) is 3.05. The van der Waals surface area contributed by atoms with Crippen molar-refractivity contribution in [3.05, 3.63) is 30.1 Å². The molecule has 1 aromatic heterocycles. The third-order valence-electron chi connectivity index (χ3n) is 4.06. The van der Waals surface area contributed by atoms with Crippen molar-refractivity contribution in [1.29, 1.82) is 0 Å². The zero-order chi connectivity index (χ0) is 14.1. The summed E-state index contributed by atoms with van der Waals surface area (Å²) in [7, 11) is 3.47. The highest BCUT2D eigenvalue weighted by atomic mass is 16.5. The molecule has 0 unspecified atom stereocenters. The van der Waals surface area contributed by atoms with Gasteiger partial charge in [0.05, 0.1) is 24.7 Å². The quantitative estimate of drug-likeness (QED) is 0.799. The number of nitrogens with zero attached hydrogens (tertiary/aromatic N) is 3. The minimum absolute atomic E-state index is 0.125. The second-order valence-electron chi connectivity index (χ2n) is 5.23. The van der Waals surface area contributed by atoms with Gasteiger partial charge in [-0.05, 0) is 31.5 Å². The van der Waals surface area contributed by atoms with Crippen LogP contribution in [0, 0.1) is 0 Å². The van der Waals surface area contributed by atoms with Crippen LogP contribution in [0.25, 0.3) is 11.0 Å². The molecule has 0 N–H and O–H groups in total. The summed E-state index contributed by atoms with van der Waals surface area (Å²) in [5.74, 6) is 0.850. The number of imidazole rings is 1. The Bertz CT molecular complexity index is 635. The molecule has 1 atom stereocenters. The lowest BCUT2D eigenvalue weighted by molar-refractivity contribution is -0.146. The predicted octanol–water partition coefficient (Wildman–Crippen LogP) is 1.71. The van der Waals surface area contributed by atoms with E-state index in [1.807, 2.05) is 25.2 Å². The lowest BCUT2D eigenvalue weighted by atomic mass is 10.2. The molecule has 0 saturated carbocycles. The summed E-state index contributed by atoms with van der Waals surface area (Å²) < 4.78 is 6.98. The molecule has 2 heterocycles. The number of aromatic nitrogens is 2. The summed E-state index contributed by atoms with van der Waals surface area (Å²) in [4.78, 5) is 18.6. The Morgan fingerprint density at radius 2 is 2.25 bits per heavy atom. The van der Waals surface area contributed by atoms with E-state index in [1.165, 1.54) is 7.11 Å². The van der Waals surface area contributed by atoms with Gasteiger partial charge in [-0.25, -0.2) is 4.98 Å². The standard InChI is InChI=1S/C15H19N3O2/c1-17-12-7-4-3-6-11(12)16-14(17)10-18-9-5-8-13(18)15(19)20-2/h3-4,6-7,13H,5,8-10H2,1-2H3/t13-/m0/s1. The van der Waals surface area contributed by atoms with Gasteiger partial charge in [0, 0.05) is 7.05 Å². The third-order valence-corrected chi connectivity index (χ3v) is 4.06. The molecule has 0 aliphatic carbocycles. The molecule has 3 rings (SSSR count). The van der Waals surface area contributed by atoms with Gasteiger partial charge in [-0.2, -0.15) is 0 Å². The Balaban J connectivity index is 1.85. The second-order valence-corrected chi connectivity index (χ2v) is 5.23. The molecule has 0 spiro atoms. The number of para-hydroxylation sites is 2. The monoisotopic (exact) mass is 273 g/mol. The summed E-state index contributed by atoms with van der Waals surface area (Å²) in [6.07, 6.45) is 1.90. The Morgan fingerprint density at radius 1 is 1.45 bits per heavy atom. The number of esters is 1. The van der Waals surface area contributed by atoms with E-state index in [1.54, 1.807) is 0 Å². The van der Waals surface area contributed by atoms with E-state index in [2.05, 4.69) is 20.5 Å². The lowest BCUT2D eigenvalue weighted by Crippen LogP contribution is -2.36. The minimum atomic E-state index is -0.138. The summed E-state index contributed by atoms with van der Waals surface area (Å²) in [5.41, 5.74) is 2.12. The number of methoxy groups -OCH3 is 1. The van der Waals surface area contributed by atoms with Gasteiger partial charge in [-0.3, -0.25) is 9.69 Å². The van der Waals surface area contributed by atoms with E-state index in [9.17, 15) is 4.79 Å². The number of carbonyl (C=O) groups is 1. The third kappa shape index (κ3) is 2.18. The largest absolute Gasteiger partial charge is 0.468 e. The molecule has 1 aliphatic heterocycles. The van der Waals surface area contributed by atoms with Crippen molar-refractivity contribution in [2.24, 2.45) is 7.05 Å². The number of carbonyl (C=O) groups excluding carboxylic acids is 1. The van der Waals surface area contributed by atoms with Crippen molar-refractivity contribution in [3.8, 4) is 0 Å². The Kier molecular flexibility index (Phi) is 3.44. The van der Waals surface area contributed by atoms with Gasteiger partial charge >= 0.3 is 5.97 Å². The van der Waals surface area contributed by atoms with Crippen LogP contribution < -0.4 is 0 Å². The molecular weight excluding hydrogens is 254 g/mol. The highest BCUT2D eigenvalue weighted by Crippen LogP contribution is 2.22. The second kappa shape index (κ2) is 5.25. The molecule has 1 aliphatic rings. The highest BCUT2D eigenvalue weighted by Gasteiger charge is 2.32. The molecule has 1 saturated heterocycles. The van der Waals surface area contributed by atoms with Crippen molar-refractivity contribution < 1.29 is 9.53 Å². The maximum Gasteiger partial charge on any atom is 0.323 e. The first-order valence-electron chi connectivity index (χ1n) is 6.93. The predicted molar refractivity (Wildman–Crippen MR) is 76.2 cm³/mol. The molecule has 0 amide bonds. The van der Waals surface area contributed by atoms with Gasteiger partial charge in [0.2, 0.25) is 0 Å². The maximum atomic E-state index is 11.8. The molecule has 5 heteroatoms.